The van der Waals surface area contributed by atoms with E-state index in [-0.39, 0.29) is 24.5 Å². The van der Waals surface area contributed by atoms with Gasteiger partial charge in [0.25, 0.3) is 0 Å². The number of anilines is 1. The van der Waals surface area contributed by atoms with Gasteiger partial charge in [0.2, 0.25) is 0 Å². The van der Waals surface area contributed by atoms with Crippen molar-refractivity contribution in [3.05, 3.63) is 23.8 Å². The molecule has 0 bridgehead atoms. The third-order valence-corrected chi connectivity index (χ3v) is 2.17. The standard InChI is InChI=1S/C10H14BNO5/c12-9-6-7(2-3-8(9)10(14)15)11(16)17-5-1-4-13/h2-3,6,13,16H,1,4-5,12H2,(H,14,15). The first kappa shape index (κ1) is 13.5. The molecule has 7 heteroatoms. The molecule has 1 aromatic rings. The summed E-state index contributed by atoms with van der Waals surface area (Å²) < 4.78 is 5.02. The van der Waals surface area contributed by atoms with Crippen LogP contribution in [0, 0.1) is 0 Å². The van der Waals surface area contributed by atoms with E-state index in [1.807, 2.05) is 0 Å². The minimum atomic E-state index is -1.17. The van der Waals surface area contributed by atoms with Gasteiger partial charge in [0.15, 0.2) is 0 Å². The molecule has 0 saturated carbocycles. The molecule has 0 aliphatic rings. The highest BCUT2D eigenvalue weighted by atomic mass is 16.5. The quantitative estimate of drug-likeness (QED) is 0.289. The molecule has 0 amide bonds. The van der Waals surface area contributed by atoms with Gasteiger partial charge < -0.3 is 25.6 Å². The van der Waals surface area contributed by atoms with Crippen LogP contribution < -0.4 is 11.2 Å². The lowest BCUT2D eigenvalue weighted by molar-refractivity contribution is 0.0698. The summed E-state index contributed by atoms with van der Waals surface area (Å²) in [6.07, 6.45) is 0.416. The topological polar surface area (TPSA) is 113 Å². The number of carbonyl (C=O) groups is 1. The minimum Gasteiger partial charge on any atom is -0.478 e. The van der Waals surface area contributed by atoms with Gasteiger partial charge in [0.1, 0.15) is 0 Å². The first-order valence-electron chi connectivity index (χ1n) is 5.09. The third kappa shape index (κ3) is 3.74. The van der Waals surface area contributed by atoms with E-state index < -0.39 is 13.1 Å². The number of hydrogen-bond acceptors (Lipinski definition) is 5. The number of rotatable bonds is 6. The Morgan fingerprint density at radius 1 is 1.47 bits per heavy atom. The summed E-state index contributed by atoms with van der Waals surface area (Å²) in [7, 11) is -1.17. The molecule has 0 fully saturated rings. The van der Waals surface area contributed by atoms with E-state index >= 15 is 0 Å². The molecule has 0 aromatic heterocycles. The molecule has 6 nitrogen and oxygen atoms in total. The predicted octanol–water partition coefficient (Wildman–Crippen LogP) is -0.947. The minimum absolute atomic E-state index is 0.0173. The monoisotopic (exact) mass is 239 g/mol. The molecule has 0 saturated heterocycles. The van der Waals surface area contributed by atoms with Gasteiger partial charge >= 0.3 is 13.1 Å². The molecule has 1 aromatic carbocycles. The number of benzene rings is 1. The highest BCUT2D eigenvalue weighted by Crippen LogP contribution is 2.09. The number of nitrogens with two attached hydrogens (primary N) is 1. The lowest BCUT2D eigenvalue weighted by atomic mass is 9.79. The Morgan fingerprint density at radius 3 is 2.71 bits per heavy atom. The Labute approximate surface area is 98.8 Å². The summed E-state index contributed by atoms with van der Waals surface area (Å²) in [6.45, 7) is 0.186. The number of aliphatic hydroxyl groups is 1. The molecule has 5 N–H and O–H groups in total. The van der Waals surface area contributed by atoms with E-state index in [9.17, 15) is 9.82 Å². The second-order valence-corrected chi connectivity index (χ2v) is 3.45. The second kappa shape index (κ2) is 6.24. The van der Waals surface area contributed by atoms with Crippen LogP contribution in [0.3, 0.4) is 0 Å². The summed E-state index contributed by atoms with van der Waals surface area (Å²) >= 11 is 0. The zero-order valence-corrected chi connectivity index (χ0v) is 9.17. The third-order valence-electron chi connectivity index (χ3n) is 2.17. The summed E-state index contributed by atoms with van der Waals surface area (Å²) in [4.78, 5) is 10.7. The van der Waals surface area contributed by atoms with Crippen LogP contribution >= 0.6 is 0 Å². The van der Waals surface area contributed by atoms with Crippen molar-refractivity contribution in [2.45, 2.75) is 6.42 Å². The van der Waals surface area contributed by atoms with Gasteiger partial charge in [0, 0.05) is 18.9 Å². The Kier molecular flexibility index (Phi) is 4.95. The first-order valence-corrected chi connectivity index (χ1v) is 5.09. The summed E-state index contributed by atoms with van der Waals surface area (Å²) in [6, 6.07) is 4.10. The van der Waals surface area contributed by atoms with E-state index in [1.165, 1.54) is 18.2 Å². The fraction of sp³-hybridized carbons (Fsp3) is 0.300. The van der Waals surface area contributed by atoms with Crippen LogP contribution in [0.25, 0.3) is 0 Å². The van der Waals surface area contributed by atoms with Crippen molar-refractivity contribution >= 4 is 24.2 Å². The van der Waals surface area contributed by atoms with Crippen molar-refractivity contribution in [1.29, 1.82) is 0 Å². The first-order chi connectivity index (χ1) is 8.06. The Bertz CT molecular complexity index is 398. The Morgan fingerprint density at radius 2 is 2.18 bits per heavy atom. The second-order valence-electron chi connectivity index (χ2n) is 3.45. The zero-order valence-electron chi connectivity index (χ0n) is 9.17. The van der Waals surface area contributed by atoms with Crippen LogP contribution in [0.5, 0.6) is 0 Å². The van der Waals surface area contributed by atoms with E-state index in [1.54, 1.807) is 0 Å². The summed E-state index contributed by atoms with van der Waals surface area (Å²) in [5.41, 5.74) is 5.96. The molecular formula is C10H14BNO5. The van der Waals surface area contributed by atoms with E-state index in [2.05, 4.69) is 0 Å². The van der Waals surface area contributed by atoms with Gasteiger partial charge in [-0.2, -0.15) is 0 Å². The lowest BCUT2D eigenvalue weighted by Crippen LogP contribution is -2.34. The predicted molar refractivity (Wildman–Crippen MR) is 63.1 cm³/mol. The zero-order chi connectivity index (χ0) is 12.8. The molecule has 0 atom stereocenters. The fourth-order valence-corrected chi connectivity index (χ4v) is 1.29. The summed E-state index contributed by atoms with van der Waals surface area (Å²) in [5, 5.41) is 26.9. The maximum atomic E-state index is 10.7. The van der Waals surface area contributed by atoms with Gasteiger partial charge in [-0.05, 0) is 24.0 Å². The highest BCUT2D eigenvalue weighted by Gasteiger charge is 2.18. The molecule has 0 unspecified atom stereocenters. The largest absolute Gasteiger partial charge is 0.491 e. The van der Waals surface area contributed by atoms with Gasteiger partial charge in [-0.25, -0.2) is 4.79 Å². The highest BCUT2D eigenvalue weighted by molar-refractivity contribution is 6.60. The molecule has 17 heavy (non-hydrogen) atoms. The van der Waals surface area contributed by atoms with Crippen LogP contribution in [-0.4, -0.2) is 41.5 Å². The average molecular weight is 239 g/mol. The molecule has 0 heterocycles. The van der Waals surface area contributed by atoms with Crippen LogP contribution in [-0.2, 0) is 4.65 Å². The number of aromatic carboxylic acids is 1. The molecular weight excluding hydrogens is 225 g/mol. The number of nitrogen functional groups attached to an aromatic ring is 1. The average Bonchev–Trinajstić information content (AvgIpc) is 2.28. The molecule has 0 aliphatic carbocycles. The molecule has 0 aliphatic heterocycles. The number of carboxylic acid groups (broad SMARTS) is 1. The van der Waals surface area contributed by atoms with Gasteiger partial charge in [-0.15, -0.1) is 0 Å². The van der Waals surface area contributed by atoms with E-state index in [0.717, 1.165) is 0 Å². The maximum absolute atomic E-state index is 10.7. The molecule has 92 valence electrons. The van der Waals surface area contributed by atoms with Crippen molar-refractivity contribution in [3.63, 3.8) is 0 Å². The molecule has 0 spiro atoms. The SMILES string of the molecule is Nc1cc(B(O)OCCCO)ccc1C(=O)O. The van der Waals surface area contributed by atoms with Gasteiger partial charge in [-0.3, -0.25) is 0 Å². The van der Waals surface area contributed by atoms with Gasteiger partial charge in [-0.1, -0.05) is 6.07 Å². The Balaban J connectivity index is 2.72. The summed E-state index contributed by atoms with van der Waals surface area (Å²) in [5.74, 6) is -1.12. The van der Waals surface area contributed by atoms with Crippen molar-refractivity contribution in [2.75, 3.05) is 18.9 Å². The number of aliphatic hydroxyl groups excluding tert-OH is 1. The van der Waals surface area contributed by atoms with E-state index in [0.29, 0.717) is 11.9 Å². The smallest absolute Gasteiger partial charge is 0.478 e. The molecule has 1 rings (SSSR count). The van der Waals surface area contributed by atoms with E-state index in [4.69, 9.17) is 20.6 Å². The normalized spacial score (nSPS) is 10.2. The number of carboxylic acids is 1. The fourth-order valence-electron chi connectivity index (χ4n) is 1.29. The van der Waals surface area contributed by atoms with Crippen LogP contribution in [0.1, 0.15) is 16.8 Å². The van der Waals surface area contributed by atoms with Crippen molar-refractivity contribution in [2.24, 2.45) is 0 Å². The van der Waals surface area contributed by atoms with Crippen molar-refractivity contribution in [3.8, 4) is 0 Å². The van der Waals surface area contributed by atoms with Crippen molar-refractivity contribution < 1.29 is 24.7 Å². The van der Waals surface area contributed by atoms with Gasteiger partial charge in [0.05, 0.1) is 5.56 Å². The number of hydrogen-bond donors (Lipinski definition) is 4. The van der Waals surface area contributed by atoms with Crippen molar-refractivity contribution in [1.82, 2.24) is 0 Å². The van der Waals surface area contributed by atoms with Crippen LogP contribution in [0.2, 0.25) is 0 Å². The van der Waals surface area contributed by atoms with Crippen LogP contribution in [0.15, 0.2) is 18.2 Å². The van der Waals surface area contributed by atoms with Crippen LogP contribution in [0.4, 0.5) is 5.69 Å². The Hall–Kier alpha value is -1.57. The molecule has 0 radical (unpaired) electrons. The maximum Gasteiger partial charge on any atom is 0.491 e. The lowest BCUT2D eigenvalue weighted by Gasteiger charge is -2.09.